The average Bonchev–Trinajstić information content (AvgIpc) is 2.67. The molecule has 2 rings (SSSR count). The number of nitrogens with zero attached hydrogens (tertiary/aromatic N) is 1. The molecule has 1 fully saturated rings. The minimum Gasteiger partial charge on any atom is -0.548 e. The number of carboxylic acid groups (broad SMARTS) is 1. The van der Waals surface area contributed by atoms with Crippen LogP contribution in [0.4, 0.5) is 0 Å². The predicted octanol–water partition coefficient (Wildman–Crippen LogP) is 0.208. The lowest BCUT2D eigenvalue weighted by Gasteiger charge is -2.27. The molecule has 1 aliphatic rings. The molecule has 0 radical (unpaired) electrons. The Balaban J connectivity index is 2.21. The monoisotopic (exact) mass is 280 g/mol. The van der Waals surface area contributed by atoms with Crippen molar-refractivity contribution in [2.24, 2.45) is 0 Å². The van der Waals surface area contributed by atoms with Gasteiger partial charge in [0.15, 0.2) is 0 Å². The zero-order chi connectivity index (χ0) is 13.1. The zero-order valence-electron chi connectivity index (χ0n) is 9.37. The van der Waals surface area contributed by atoms with E-state index in [2.05, 4.69) is 0 Å². The molecule has 1 atom stereocenters. The summed E-state index contributed by atoms with van der Waals surface area (Å²) in [5.74, 6) is -1.34. The third kappa shape index (κ3) is 2.70. The Kier molecular flexibility index (Phi) is 3.98. The summed E-state index contributed by atoms with van der Waals surface area (Å²) in [4.78, 5) is 24.0. The predicted molar refractivity (Wildman–Crippen MR) is 70.8 cm³/mol. The summed E-state index contributed by atoms with van der Waals surface area (Å²) in [5, 5.41) is 11.2. The molecule has 0 bridgehead atoms. The van der Waals surface area contributed by atoms with Crippen LogP contribution < -0.4 is 5.11 Å². The molecule has 1 aromatic rings. The summed E-state index contributed by atoms with van der Waals surface area (Å²) in [7, 11) is 0. The highest BCUT2D eigenvalue weighted by molar-refractivity contribution is 8.23. The molecule has 4 nitrogen and oxygen atoms in total. The number of hydrogen-bond donors (Lipinski definition) is 0. The first kappa shape index (κ1) is 13.0. The lowest BCUT2D eigenvalue weighted by molar-refractivity contribution is -0.310. The maximum Gasteiger partial charge on any atom is 0.239 e. The van der Waals surface area contributed by atoms with Gasteiger partial charge in [0.25, 0.3) is 0 Å². The molecule has 0 spiro atoms. The van der Waals surface area contributed by atoms with Crippen molar-refractivity contribution in [3.8, 4) is 0 Å². The van der Waals surface area contributed by atoms with E-state index in [4.69, 9.17) is 12.2 Å². The number of thiocarbonyl (C=S) groups is 1. The number of aliphatic carboxylic acids is 1. The molecule has 1 heterocycles. The van der Waals surface area contributed by atoms with E-state index in [1.165, 1.54) is 11.8 Å². The van der Waals surface area contributed by atoms with Gasteiger partial charge in [0.1, 0.15) is 4.32 Å². The second-order valence-electron chi connectivity index (χ2n) is 3.84. The zero-order valence-corrected chi connectivity index (χ0v) is 11.0. The van der Waals surface area contributed by atoms with Crippen LogP contribution in [0.15, 0.2) is 30.3 Å². The third-order valence-corrected chi connectivity index (χ3v) is 4.03. The van der Waals surface area contributed by atoms with Crippen molar-refractivity contribution >= 4 is 40.2 Å². The van der Waals surface area contributed by atoms with Crippen LogP contribution in [0.25, 0.3) is 0 Å². The van der Waals surface area contributed by atoms with Gasteiger partial charge in [0.05, 0.1) is 17.8 Å². The maximum atomic E-state index is 11.6. The van der Waals surface area contributed by atoms with E-state index in [0.29, 0.717) is 4.32 Å². The Morgan fingerprint density at radius 3 is 2.61 bits per heavy atom. The number of benzene rings is 1. The smallest absolute Gasteiger partial charge is 0.239 e. The highest BCUT2D eigenvalue weighted by Crippen LogP contribution is 2.23. The molecule has 1 aliphatic heterocycles. The van der Waals surface area contributed by atoms with E-state index in [9.17, 15) is 14.7 Å². The third-order valence-electron chi connectivity index (χ3n) is 2.64. The summed E-state index contributed by atoms with van der Waals surface area (Å²) in [6.45, 7) is 0. The summed E-state index contributed by atoms with van der Waals surface area (Å²) in [6, 6.07) is 8.09. The van der Waals surface area contributed by atoms with E-state index in [1.54, 1.807) is 0 Å². The van der Waals surface area contributed by atoms with E-state index < -0.39 is 12.0 Å². The highest BCUT2D eigenvalue weighted by Gasteiger charge is 2.33. The molecule has 1 saturated heterocycles. The lowest BCUT2D eigenvalue weighted by atomic mass is 10.1. The van der Waals surface area contributed by atoms with Crippen LogP contribution in [0.2, 0.25) is 0 Å². The first-order chi connectivity index (χ1) is 8.59. The quantitative estimate of drug-likeness (QED) is 0.738. The van der Waals surface area contributed by atoms with E-state index in [1.807, 2.05) is 30.3 Å². The van der Waals surface area contributed by atoms with Crippen LogP contribution in [0.1, 0.15) is 5.56 Å². The maximum absolute atomic E-state index is 11.6. The fourth-order valence-corrected chi connectivity index (χ4v) is 2.94. The van der Waals surface area contributed by atoms with Gasteiger partial charge in [-0.15, -0.1) is 0 Å². The van der Waals surface area contributed by atoms with E-state index in [0.717, 1.165) is 10.5 Å². The molecular weight excluding hydrogens is 270 g/mol. The van der Waals surface area contributed by atoms with Crippen LogP contribution >= 0.6 is 24.0 Å². The summed E-state index contributed by atoms with van der Waals surface area (Å²) < 4.78 is 0.310. The van der Waals surface area contributed by atoms with Crippen molar-refractivity contribution in [2.75, 3.05) is 5.75 Å². The standard InChI is InChI=1S/C12H11NO3S2/c14-10-7-18-12(17)13(10)9(11(15)16)6-8-4-2-1-3-5-8/h1-5,9H,6-7H2,(H,15,16)/p-1/t9-/m0/s1. The fourth-order valence-electron chi connectivity index (χ4n) is 1.78. The van der Waals surface area contributed by atoms with Crippen LogP contribution in [0, 0.1) is 0 Å². The van der Waals surface area contributed by atoms with Crippen molar-refractivity contribution in [3.05, 3.63) is 35.9 Å². The summed E-state index contributed by atoms with van der Waals surface area (Å²) >= 11 is 6.19. The first-order valence-corrected chi connectivity index (χ1v) is 6.72. The average molecular weight is 280 g/mol. The first-order valence-electron chi connectivity index (χ1n) is 5.33. The number of carbonyl (C=O) groups excluding carboxylic acids is 2. The Morgan fingerprint density at radius 2 is 2.11 bits per heavy atom. The SMILES string of the molecule is O=C([O-])[C@H](Cc1ccccc1)N1C(=O)CSC1=S. The molecule has 18 heavy (non-hydrogen) atoms. The fraction of sp³-hybridized carbons (Fsp3) is 0.250. The summed E-state index contributed by atoms with van der Waals surface area (Å²) in [5.41, 5.74) is 0.833. The number of rotatable bonds is 4. The van der Waals surface area contributed by atoms with E-state index >= 15 is 0 Å². The molecular formula is C12H10NO3S2-. The van der Waals surface area contributed by atoms with Gasteiger partial charge in [-0.25, -0.2) is 0 Å². The van der Waals surface area contributed by atoms with Crippen molar-refractivity contribution in [1.29, 1.82) is 0 Å². The van der Waals surface area contributed by atoms with Crippen molar-refractivity contribution in [3.63, 3.8) is 0 Å². The molecule has 94 valence electrons. The minimum absolute atomic E-state index is 0.204. The van der Waals surface area contributed by atoms with Crippen LogP contribution in [-0.2, 0) is 16.0 Å². The van der Waals surface area contributed by atoms with Crippen LogP contribution in [-0.4, -0.2) is 32.9 Å². The van der Waals surface area contributed by atoms with Crippen molar-refractivity contribution < 1.29 is 14.7 Å². The normalized spacial score (nSPS) is 17.0. The van der Waals surface area contributed by atoms with Gasteiger partial charge in [0, 0.05) is 0 Å². The van der Waals surface area contributed by atoms with Gasteiger partial charge in [-0.2, -0.15) is 0 Å². The van der Waals surface area contributed by atoms with Gasteiger partial charge >= 0.3 is 0 Å². The lowest BCUT2D eigenvalue weighted by Crippen LogP contribution is -2.51. The number of thioether (sulfide) groups is 1. The number of hydrogen-bond acceptors (Lipinski definition) is 5. The molecule has 0 N–H and O–H groups in total. The molecule has 1 aromatic carbocycles. The molecule has 0 aliphatic carbocycles. The van der Waals surface area contributed by atoms with Crippen LogP contribution in [0.5, 0.6) is 0 Å². The molecule has 6 heteroatoms. The second kappa shape index (κ2) is 5.49. The number of carbonyl (C=O) groups is 2. The Labute approximate surface area is 114 Å². The second-order valence-corrected chi connectivity index (χ2v) is 5.45. The molecule has 0 unspecified atom stereocenters. The molecule has 1 amide bonds. The highest BCUT2D eigenvalue weighted by atomic mass is 32.2. The number of amides is 1. The van der Waals surface area contributed by atoms with Crippen LogP contribution in [0.3, 0.4) is 0 Å². The van der Waals surface area contributed by atoms with Crippen molar-refractivity contribution in [2.45, 2.75) is 12.5 Å². The Morgan fingerprint density at radius 1 is 1.44 bits per heavy atom. The summed E-state index contributed by atoms with van der Waals surface area (Å²) in [6.07, 6.45) is 0.204. The Hall–Kier alpha value is -1.40. The topological polar surface area (TPSA) is 60.4 Å². The number of carboxylic acids is 1. The molecule has 0 aromatic heterocycles. The van der Waals surface area contributed by atoms with Gasteiger partial charge in [-0.1, -0.05) is 54.3 Å². The van der Waals surface area contributed by atoms with Gasteiger partial charge < -0.3 is 9.90 Å². The van der Waals surface area contributed by atoms with Gasteiger partial charge in [-0.3, -0.25) is 9.69 Å². The van der Waals surface area contributed by atoms with Gasteiger partial charge in [-0.05, 0) is 12.0 Å². The largest absolute Gasteiger partial charge is 0.548 e. The van der Waals surface area contributed by atoms with Gasteiger partial charge in [0.2, 0.25) is 5.91 Å². The Bertz CT molecular complexity index is 473. The molecule has 0 saturated carbocycles. The van der Waals surface area contributed by atoms with Crippen molar-refractivity contribution in [1.82, 2.24) is 4.90 Å². The van der Waals surface area contributed by atoms with E-state index in [-0.39, 0.29) is 18.1 Å². The minimum atomic E-state index is -1.28.